The lowest BCUT2D eigenvalue weighted by Gasteiger charge is -2.14. The van der Waals surface area contributed by atoms with Crippen LogP contribution in [-0.4, -0.2) is 49.0 Å². The van der Waals surface area contributed by atoms with E-state index in [2.05, 4.69) is 27.4 Å². The van der Waals surface area contributed by atoms with Crippen molar-refractivity contribution in [1.29, 1.82) is 0 Å². The Morgan fingerprint density at radius 2 is 2.30 bits per heavy atom. The Balaban J connectivity index is 1.90. The number of carbonyl (C=O) groups is 1. The topological polar surface area (TPSA) is 57.3 Å². The van der Waals surface area contributed by atoms with Crippen molar-refractivity contribution < 1.29 is 4.79 Å². The Labute approximate surface area is 120 Å². The summed E-state index contributed by atoms with van der Waals surface area (Å²) in [5.41, 5.74) is 1.52. The lowest BCUT2D eigenvalue weighted by Crippen LogP contribution is -2.31. The normalized spacial score (nSPS) is 19.1. The van der Waals surface area contributed by atoms with Crippen LogP contribution < -0.4 is 10.6 Å². The molecule has 1 saturated heterocycles. The zero-order chi connectivity index (χ0) is 14.5. The molecular weight excluding hydrogens is 252 g/mol. The van der Waals surface area contributed by atoms with Crippen LogP contribution in [0.4, 0.5) is 5.82 Å². The molecule has 0 saturated carbocycles. The van der Waals surface area contributed by atoms with E-state index in [9.17, 15) is 4.79 Å². The van der Waals surface area contributed by atoms with E-state index in [1.807, 2.05) is 13.0 Å². The van der Waals surface area contributed by atoms with Gasteiger partial charge in [-0.25, -0.2) is 4.98 Å². The van der Waals surface area contributed by atoms with Gasteiger partial charge in [0, 0.05) is 31.4 Å². The monoisotopic (exact) mass is 276 g/mol. The maximum Gasteiger partial charge on any atom is 0.251 e. The number of amides is 1. The summed E-state index contributed by atoms with van der Waals surface area (Å²) in [5.74, 6) is 1.29. The molecule has 1 aliphatic heterocycles. The Kier molecular flexibility index (Phi) is 4.95. The largest absolute Gasteiger partial charge is 0.373 e. The Morgan fingerprint density at radius 1 is 1.50 bits per heavy atom. The third kappa shape index (κ3) is 3.70. The molecule has 1 aromatic heterocycles. The summed E-state index contributed by atoms with van der Waals surface area (Å²) >= 11 is 0. The Morgan fingerprint density at radius 3 is 2.95 bits per heavy atom. The van der Waals surface area contributed by atoms with Crippen LogP contribution >= 0.6 is 0 Å². The molecule has 2 rings (SSSR count). The number of likely N-dealkylation sites (tertiary alicyclic amines) is 1. The minimum Gasteiger partial charge on any atom is -0.373 e. The number of hydrogen-bond donors (Lipinski definition) is 2. The number of nitrogens with one attached hydrogen (secondary N) is 2. The molecule has 1 fully saturated rings. The number of aryl methyl sites for hydroxylation is 1. The van der Waals surface area contributed by atoms with Crippen molar-refractivity contribution in [2.75, 3.05) is 38.5 Å². The number of aromatic nitrogens is 1. The zero-order valence-electron chi connectivity index (χ0n) is 12.6. The average Bonchev–Trinajstić information content (AvgIpc) is 2.92. The van der Waals surface area contributed by atoms with Crippen molar-refractivity contribution >= 4 is 11.7 Å². The van der Waals surface area contributed by atoms with Crippen molar-refractivity contribution in [3.05, 3.63) is 23.4 Å². The highest BCUT2D eigenvalue weighted by atomic mass is 16.1. The molecule has 20 heavy (non-hydrogen) atoms. The van der Waals surface area contributed by atoms with Crippen LogP contribution in [0.1, 0.15) is 29.4 Å². The average molecular weight is 276 g/mol. The quantitative estimate of drug-likeness (QED) is 0.856. The first-order valence-corrected chi connectivity index (χ1v) is 7.29. The molecule has 5 nitrogen and oxygen atoms in total. The molecule has 2 heterocycles. The first-order valence-electron chi connectivity index (χ1n) is 7.29. The minimum atomic E-state index is -0.0121. The molecule has 1 aromatic rings. The van der Waals surface area contributed by atoms with Crippen molar-refractivity contribution in [3.63, 3.8) is 0 Å². The van der Waals surface area contributed by atoms with Gasteiger partial charge in [0.1, 0.15) is 5.82 Å². The van der Waals surface area contributed by atoms with Gasteiger partial charge in [0.2, 0.25) is 0 Å². The second-order valence-electron chi connectivity index (χ2n) is 5.39. The highest BCUT2D eigenvalue weighted by molar-refractivity contribution is 5.95. The fourth-order valence-corrected chi connectivity index (χ4v) is 2.63. The van der Waals surface area contributed by atoms with Crippen LogP contribution in [0.5, 0.6) is 0 Å². The summed E-state index contributed by atoms with van der Waals surface area (Å²) in [7, 11) is 1.81. The van der Waals surface area contributed by atoms with Gasteiger partial charge in [-0.1, -0.05) is 6.92 Å². The van der Waals surface area contributed by atoms with Crippen molar-refractivity contribution in [1.82, 2.24) is 15.2 Å². The fraction of sp³-hybridized carbons (Fsp3) is 0.600. The van der Waals surface area contributed by atoms with Gasteiger partial charge in [0.25, 0.3) is 5.91 Å². The predicted molar refractivity (Wildman–Crippen MR) is 81.1 cm³/mol. The molecule has 1 aliphatic rings. The summed E-state index contributed by atoms with van der Waals surface area (Å²) in [4.78, 5) is 18.9. The van der Waals surface area contributed by atoms with Crippen LogP contribution in [0.25, 0.3) is 0 Å². The highest BCUT2D eigenvalue weighted by Gasteiger charge is 2.21. The van der Waals surface area contributed by atoms with Gasteiger partial charge in [-0.2, -0.15) is 0 Å². The van der Waals surface area contributed by atoms with Gasteiger partial charge in [0.05, 0.1) is 0 Å². The van der Waals surface area contributed by atoms with Gasteiger partial charge in [-0.05, 0) is 44.5 Å². The van der Waals surface area contributed by atoms with Gasteiger partial charge >= 0.3 is 0 Å². The molecule has 1 unspecified atom stereocenters. The summed E-state index contributed by atoms with van der Waals surface area (Å²) in [5, 5.41) is 6.02. The molecule has 0 radical (unpaired) electrons. The fourth-order valence-electron chi connectivity index (χ4n) is 2.63. The van der Waals surface area contributed by atoms with Crippen molar-refractivity contribution in [3.8, 4) is 0 Å². The summed E-state index contributed by atoms with van der Waals surface area (Å²) in [6.45, 7) is 8.17. The zero-order valence-corrected chi connectivity index (χ0v) is 12.6. The number of hydrogen-bond acceptors (Lipinski definition) is 4. The Bertz CT molecular complexity index is 475. The maximum absolute atomic E-state index is 12.2. The molecule has 0 aliphatic carbocycles. The lowest BCUT2D eigenvalue weighted by atomic mass is 10.1. The van der Waals surface area contributed by atoms with Crippen LogP contribution in [-0.2, 0) is 0 Å². The standard InChI is InChI=1S/C15H24N4O/c1-4-19-6-5-12(10-19)9-17-15(20)13-7-11(2)18-14(8-13)16-3/h7-8,12H,4-6,9-10H2,1-3H3,(H,16,18)(H,17,20). The maximum atomic E-state index is 12.2. The second kappa shape index (κ2) is 6.70. The van der Waals surface area contributed by atoms with E-state index in [-0.39, 0.29) is 5.91 Å². The SMILES string of the molecule is CCN1CCC(CNC(=O)c2cc(C)nc(NC)c2)C1. The summed E-state index contributed by atoms with van der Waals surface area (Å²) < 4.78 is 0. The minimum absolute atomic E-state index is 0.0121. The van der Waals surface area contributed by atoms with Crippen molar-refractivity contribution in [2.45, 2.75) is 20.3 Å². The molecule has 110 valence electrons. The van der Waals surface area contributed by atoms with E-state index in [0.29, 0.717) is 11.5 Å². The number of pyridine rings is 1. The molecule has 1 atom stereocenters. The molecule has 5 heteroatoms. The van der Waals surface area contributed by atoms with E-state index >= 15 is 0 Å². The van der Waals surface area contributed by atoms with Gasteiger partial charge in [-0.15, -0.1) is 0 Å². The predicted octanol–water partition coefficient (Wildman–Crippen LogP) is 1.50. The molecule has 0 bridgehead atoms. The van der Waals surface area contributed by atoms with Crippen LogP contribution in [0, 0.1) is 12.8 Å². The van der Waals surface area contributed by atoms with Crippen molar-refractivity contribution in [2.24, 2.45) is 5.92 Å². The molecule has 0 spiro atoms. The number of nitrogens with zero attached hydrogens (tertiary/aromatic N) is 2. The summed E-state index contributed by atoms with van der Waals surface area (Å²) in [6.07, 6.45) is 1.17. The van der Waals surface area contributed by atoms with E-state index in [1.54, 1.807) is 13.1 Å². The summed E-state index contributed by atoms with van der Waals surface area (Å²) in [6, 6.07) is 3.61. The highest BCUT2D eigenvalue weighted by Crippen LogP contribution is 2.15. The smallest absolute Gasteiger partial charge is 0.251 e. The first kappa shape index (κ1) is 14.8. The molecule has 0 aromatic carbocycles. The van der Waals surface area contributed by atoms with E-state index in [0.717, 1.165) is 37.7 Å². The van der Waals surface area contributed by atoms with Crippen LogP contribution in [0.2, 0.25) is 0 Å². The van der Waals surface area contributed by atoms with E-state index in [4.69, 9.17) is 0 Å². The molecule has 1 amide bonds. The second-order valence-corrected chi connectivity index (χ2v) is 5.39. The van der Waals surface area contributed by atoms with E-state index < -0.39 is 0 Å². The Hall–Kier alpha value is -1.62. The number of anilines is 1. The molecular formula is C15H24N4O. The van der Waals surface area contributed by atoms with Gasteiger partial charge in [0.15, 0.2) is 0 Å². The van der Waals surface area contributed by atoms with Gasteiger partial charge in [-0.3, -0.25) is 4.79 Å². The molecule has 2 N–H and O–H groups in total. The third-order valence-corrected chi connectivity index (χ3v) is 3.84. The lowest BCUT2D eigenvalue weighted by molar-refractivity contribution is 0.0947. The number of carbonyl (C=O) groups excluding carboxylic acids is 1. The van der Waals surface area contributed by atoms with Gasteiger partial charge < -0.3 is 15.5 Å². The van der Waals surface area contributed by atoms with Crippen LogP contribution in [0.3, 0.4) is 0 Å². The number of rotatable bonds is 5. The first-order chi connectivity index (χ1) is 9.62. The third-order valence-electron chi connectivity index (χ3n) is 3.84. The van der Waals surface area contributed by atoms with E-state index in [1.165, 1.54) is 6.42 Å². The van der Waals surface area contributed by atoms with Crippen LogP contribution in [0.15, 0.2) is 12.1 Å².